The molecule has 0 radical (unpaired) electrons. The Morgan fingerprint density at radius 3 is 2.74 bits per heavy atom. The lowest BCUT2D eigenvalue weighted by Gasteiger charge is -2.38. The largest absolute Gasteiger partial charge is 0.462 e. The first kappa shape index (κ1) is 30.1. The SMILES string of the molecule is [C-]#[N+]C[C@H]1CC(c2nc(OC[C@H]3CCCN3C)nc3c2CCN(c2cccc(Cl)c2C(F)(F)F)C3)CCN1C(=O)C=C. The standard InChI is InChI=1S/C30H34ClF3N6O2/c1-4-26(41)40-14-10-19(15-21(40)16-35-2)28-22-11-13-39(25-9-5-8-23(31)27(25)30(32,33)34)17-24(22)36-29(37-28)42-18-20-7-6-12-38(20)3/h4-5,8-9,19-21H,1,6-7,10-18H2,3H3/t19?,20-,21-/m1/s1. The first-order chi connectivity index (χ1) is 20.1. The van der Waals surface area contributed by atoms with E-state index in [2.05, 4.69) is 23.4 Å². The van der Waals surface area contributed by atoms with Gasteiger partial charge in [-0.15, -0.1) is 0 Å². The van der Waals surface area contributed by atoms with Crippen LogP contribution < -0.4 is 9.64 Å². The molecule has 12 heteroatoms. The van der Waals surface area contributed by atoms with E-state index in [9.17, 15) is 18.0 Å². The monoisotopic (exact) mass is 602 g/mol. The van der Waals surface area contributed by atoms with Gasteiger partial charge in [0.2, 0.25) is 12.5 Å². The molecular weight excluding hydrogens is 569 g/mol. The maximum atomic E-state index is 14.0. The Morgan fingerprint density at radius 2 is 2.05 bits per heavy atom. The molecule has 1 unspecified atom stereocenters. The van der Waals surface area contributed by atoms with Crippen molar-refractivity contribution >= 4 is 23.2 Å². The number of ether oxygens (including phenoxy) is 1. The number of benzene rings is 1. The molecule has 0 saturated carbocycles. The third-order valence-corrected chi connectivity index (χ3v) is 8.95. The highest BCUT2D eigenvalue weighted by Gasteiger charge is 2.40. The molecule has 5 rings (SSSR count). The molecule has 2 fully saturated rings. The van der Waals surface area contributed by atoms with Crippen LogP contribution in [0.15, 0.2) is 30.9 Å². The molecule has 0 bridgehead atoms. The van der Waals surface area contributed by atoms with Crippen LogP contribution >= 0.6 is 11.6 Å². The number of likely N-dealkylation sites (N-methyl/N-ethyl adjacent to an activating group) is 1. The Morgan fingerprint density at radius 1 is 1.24 bits per heavy atom. The number of halogens is 4. The van der Waals surface area contributed by atoms with Gasteiger partial charge in [-0.25, -0.2) is 6.57 Å². The predicted molar refractivity (Wildman–Crippen MR) is 154 cm³/mol. The van der Waals surface area contributed by atoms with E-state index in [-0.39, 0.29) is 53.7 Å². The lowest BCUT2D eigenvalue weighted by atomic mass is 9.84. The van der Waals surface area contributed by atoms with Crippen LogP contribution in [0.4, 0.5) is 18.9 Å². The molecule has 2 aromatic rings. The molecule has 3 aliphatic heterocycles. The zero-order valence-electron chi connectivity index (χ0n) is 23.5. The van der Waals surface area contributed by atoms with Gasteiger partial charge in [0.15, 0.2) is 0 Å². The van der Waals surface area contributed by atoms with E-state index in [0.29, 0.717) is 44.7 Å². The van der Waals surface area contributed by atoms with Crippen molar-refractivity contribution in [3.8, 4) is 6.01 Å². The fourth-order valence-corrected chi connectivity index (χ4v) is 6.72. The zero-order valence-corrected chi connectivity index (χ0v) is 24.3. The maximum Gasteiger partial charge on any atom is 0.419 e. The van der Waals surface area contributed by atoms with E-state index in [1.807, 2.05) is 0 Å². The Hall–Kier alpha value is -3.36. The average Bonchev–Trinajstić information content (AvgIpc) is 3.38. The van der Waals surface area contributed by atoms with Gasteiger partial charge < -0.3 is 24.3 Å². The third-order valence-electron chi connectivity index (χ3n) is 8.63. The fraction of sp³-hybridized carbons (Fsp3) is 0.533. The Bertz CT molecular complexity index is 1380. The molecule has 2 saturated heterocycles. The van der Waals surface area contributed by atoms with Crippen molar-refractivity contribution in [2.45, 2.75) is 62.8 Å². The third kappa shape index (κ3) is 6.20. The summed E-state index contributed by atoms with van der Waals surface area (Å²) in [5.41, 5.74) is 1.50. The van der Waals surface area contributed by atoms with Crippen LogP contribution in [-0.2, 0) is 23.9 Å². The van der Waals surface area contributed by atoms with Gasteiger partial charge in [0.1, 0.15) is 12.6 Å². The number of hydrogen-bond acceptors (Lipinski definition) is 6. The van der Waals surface area contributed by atoms with Gasteiger partial charge in [-0.1, -0.05) is 24.2 Å². The van der Waals surface area contributed by atoms with Crippen molar-refractivity contribution in [1.82, 2.24) is 19.8 Å². The second-order valence-corrected chi connectivity index (χ2v) is 11.6. The fourth-order valence-electron chi connectivity index (χ4n) is 6.45. The van der Waals surface area contributed by atoms with E-state index < -0.39 is 11.7 Å². The minimum Gasteiger partial charge on any atom is -0.462 e. The van der Waals surface area contributed by atoms with Crippen LogP contribution in [0.1, 0.15) is 54.1 Å². The molecule has 0 aliphatic carbocycles. The van der Waals surface area contributed by atoms with Gasteiger partial charge in [0, 0.05) is 25.0 Å². The highest BCUT2D eigenvalue weighted by molar-refractivity contribution is 6.31. The van der Waals surface area contributed by atoms with Crippen LogP contribution in [-0.4, -0.2) is 77.6 Å². The van der Waals surface area contributed by atoms with Crippen molar-refractivity contribution in [2.24, 2.45) is 0 Å². The summed E-state index contributed by atoms with van der Waals surface area (Å²) in [6.07, 6.45) is 0.382. The van der Waals surface area contributed by atoms with Gasteiger partial charge >= 0.3 is 12.2 Å². The van der Waals surface area contributed by atoms with Crippen molar-refractivity contribution in [3.05, 3.63) is 69.8 Å². The minimum absolute atomic E-state index is 0.0178. The molecule has 4 heterocycles. The van der Waals surface area contributed by atoms with Gasteiger partial charge in [0.05, 0.1) is 34.2 Å². The van der Waals surface area contributed by atoms with Crippen LogP contribution in [0.25, 0.3) is 4.85 Å². The predicted octanol–water partition coefficient (Wildman–Crippen LogP) is 5.36. The average molecular weight is 603 g/mol. The van der Waals surface area contributed by atoms with Crippen LogP contribution in [0, 0.1) is 6.57 Å². The number of nitrogens with zero attached hydrogens (tertiary/aromatic N) is 6. The summed E-state index contributed by atoms with van der Waals surface area (Å²) in [5.74, 6) is -0.253. The molecule has 42 heavy (non-hydrogen) atoms. The Balaban J connectivity index is 1.49. The van der Waals surface area contributed by atoms with E-state index in [1.165, 1.54) is 24.3 Å². The van der Waals surface area contributed by atoms with Crippen molar-refractivity contribution in [2.75, 3.05) is 44.7 Å². The molecule has 8 nitrogen and oxygen atoms in total. The lowest BCUT2D eigenvalue weighted by molar-refractivity contribution is -0.137. The summed E-state index contributed by atoms with van der Waals surface area (Å²) in [7, 11) is 2.05. The maximum absolute atomic E-state index is 14.0. The normalized spacial score (nSPS) is 22.9. The second kappa shape index (κ2) is 12.5. The number of likely N-dealkylation sites (tertiary alicyclic amines) is 2. The summed E-state index contributed by atoms with van der Waals surface area (Å²) in [6.45, 7) is 13.5. The van der Waals surface area contributed by atoms with Gasteiger partial charge in [-0.3, -0.25) is 4.79 Å². The van der Waals surface area contributed by atoms with Gasteiger partial charge in [0.25, 0.3) is 0 Å². The smallest absolute Gasteiger partial charge is 0.419 e. The van der Waals surface area contributed by atoms with Crippen molar-refractivity contribution in [3.63, 3.8) is 0 Å². The molecule has 1 aromatic carbocycles. The van der Waals surface area contributed by atoms with Gasteiger partial charge in [-0.05, 0) is 69.5 Å². The number of fused-ring (bicyclic) bond motifs is 1. The van der Waals surface area contributed by atoms with Crippen molar-refractivity contribution < 1.29 is 22.7 Å². The van der Waals surface area contributed by atoms with E-state index >= 15 is 0 Å². The van der Waals surface area contributed by atoms with Crippen molar-refractivity contribution in [1.29, 1.82) is 0 Å². The summed E-state index contributed by atoms with van der Waals surface area (Å²) in [4.78, 5) is 31.2. The number of carbonyl (C=O) groups excluding carboxylic acids is 1. The first-order valence-corrected chi connectivity index (χ1v) is 14.6. The highest BCUT2D eigenvalue weighted by atomic mass is 35.5. The molecule has 3 aliphatic rings. The van der Waals surface area contributed by atoms with Gasteiger partial charge in [-0.2, -0.15) is 23.1 Å². The molecule has 224 valence electrons. The molecule has 3 atom stereocenters. The minimum atomic E-state index is -4.61. The zero-order chi connectivity index (χ0) is 30.0. The summed E-state index contributed by atoms with van der Waals surface area (Å²) in [5, 5.41) is -0.342. The molecule has 1 amide bonds. The Kier molecular flexibility index (Phi) is 8.94. The Labute approximate surface area is 248 Å². The molecule has 1 aromatic heterocycles. The molecule has 0 spiro atoms. The summed E-state index contributed by atoms with van der Waals surface area (Å²) < 4.78 is 48.2. The topological polar surface area (TPSA) is 66.2 Å². The van der Waals surface area contributed by atoms with Crippen LogP contribution in [0.2, 0.25) is 5.02 Å². The number of amides is 1. The highest BCUT2D eigenvalue weighted by Crippen LogP contribution is 2.43. The van der Waals surface area contributed by atoms with E-state index in [0.717, 1.165) is 30.6 Å². The summed E-state index contributed by atoms with van der Waals surface area (Å²) in [6, 6.07) is 4.38. The second-order valence-electron chi connectivity index (χ2n) is 11.2. The number of rotatable bonds is 7. The quantitative estimate of drug-likeness (QED) is 0.314. The van der Waals surface area contributed by atoms with Crippen LogP contribution in [0.3, 0.4) is 0 Å². The van der Waals surface area contributed by atoms with E-state index in [4.69, 9.17) is 32.9 Å². The number of aromatic nitrogens is 2. The molecular formula is C30H34ClF3N6O2. The summed E-state index contributed by atoms with van der Waals surface area (Å²) >= 11 is 6.03. The van der Waals surface area contributed by atoms with E-state index in [1.54, 1.807) is 9.80 Å². The molecule has 0 N–H and O–H groups in total. The number of carbonyl (C=O) groups is 1. The lowest BCUT2D eigenvalue weighted by Crippen LogP contribution is -2.46. The number of piperidine rings is 1. The number of alkyl halides is 3. The number of hydrogen-bond donors (Lipinski definition) is 0. The van der Waals surface area contributed by atoms with Crippen LogP contribution in [0.5, 0.6) is 6.01 Å². The first-order valence-electron chi connectivity index (χ1n) is 14.2. The number of anilines is 1.